The van der Waals surface area contributed by atoms with Gasteiger partial charge in [0, 0.05) is 9.50 Å². The van der Waals surface area contributed by atoms with Gasteiger partial charge in [-0.3, -0.25) is 4.72 Å². The SMILES string of the molecule is CC(C)(C)S(=O)(=O)Nc1ccc(Cl)cc1Br. The summed E-state index contributed by atoms with van der Waals surface area (Å²) in [7, 11) is -3.41. The predicted molar refractivity (Wildman–Crippen MR) is 71.4 cm³/mol. The molecule has 1 rings (SSSR count). The van der Waals surface area contributed by atoms with E-state index in [1.54, 1.807) is 39.0 Å². The Balaban J connectivity index is 3.07. The maximum absolute atomic E-state index is 11.9. The average molecular weight is 327 g/mol. The van der Waals surface area contributed by atoms with Crippen molar-refractivity contribution in [2.45, 2.75) is 25.5 Å². The van der Waals surface area contributed by atoms with E-state index >= 15 is 0 Å². The van der Waals surface area contributed by atoms with E-state index in [-0.39, 0.29) is 0 Å². The molecule has 0 fully saturated rings. The van der Waals surface area contributed by atoms with Gasteiger partial charge in [-0.05, 0) is 54.9 Å². The van der Waals surface area contributed by atoms with Gasteiger partial charge in [-0.2, -0.15) is 0 Å². The Labute approximate surface area is 109 Å². The number of sulfonamides is 1. The Morgan fingerprint density at radius 3 is 2.31 bits per heavy atom. The van der Waals surface area contributed by atoms with Gasteiger partial charge in [-0.1, -0.05) is 11.6 Å². The molecule has 0 aromatic heterocycles. The van der Waals surface area contributed by atoms with Crippen LogP contribution < -0.4 is 4.72 Å². The van der Waals surface area contributed by atoms with Gasteiger partial charge in [0.1, 0.15) is 0 Å². The summed E-state index contributed by atoms with van der Waals surface area (Å²) in [6.07, 6.45) is 0. The Morgan fingerprint density at radius 1 is 1.31 bits per heavy atom. The molecule has 0 unspecified atom stereocenters. The largest absolute Gasteiger partial charge is 0.282 e. The van der Waals surface area contributed by atoms with E-state index in [0.29, 0.717) is 15.2 Å². The molecule has 0 aliphatic rings. The van der Waals surface area contributed by atoms with Gasteiger partial charge in [-0.15, -0.1) is 0 Å². The number of hydrogen-bond donors (Lipinski definition) is 1. The van der Waals surface area contributed by atoms with E-state index in [1.165, 1.54) is 0 Å². The van der Waals surface area contributed by atoms with Crippen LogP contribution in [0.25, 0.3) is 0 Å². The zero-order valence-corrected chi connectivity index (χ0v) is 12.4. The standard InChI is InChI=1S/C10H13BrClNO2S/c1-10(2,3)16(14,15)13-9-5-4-7(12)6-8(9)11/h4-6,13H,1-3H3. The van der Waals surface area contributed by atoms with Crippen molar-refractivity contribution in [1.82, 2.24) is 0 Å². The van der Waals surface area contributed by atoms with E-state index in [1.807, 2.05) is 0 Å². The summed E-state index contributed by atoms with van der Waals surface area (Å²) >= 11 is 9.03. The first kappa shape index (κ1) is 13.8. The number of nitrogens with one attached hydrogen (secondary N) is 1. The van der Waals surface area contributed by atoms with Crippen molar-refractivity contribution in [2.24, 2.45) is 0 Å². The van der Waals surface area contributed by atoms with Crippen LogP contribution in [0.4, 0.5) is 5.69 Å². The van der Waals surface area contributed by atoms with E-state index in [2.05, 4.69) is 20.7 Å². The van der Waals surface area contributed by atoms with Gasteiger partial charge >= 0.3 is 0 Å². The molecule has 0 saturated carbocycles. The summed E-state index contributed by atoms with van der Waals surface area (Å²) < 4.78 is 26.1. The minimum absolute atomic E-state index is 0.485. The first-order chi connectivity index (χ1) is 7.13. The zero-order chi connectivity index (χ0) is 12.6. The second kappa shape index (κ2) is 4.55. The van der Waals surface area contributed by atoms with Gasteiger partial charge in [0.05, 0.1) is 10.4 Å². The predicted octanol–water partition coefficient (Wildman–Crippen LogP) is 3.64. The molecule has 0 amide bonds. The summed E-state index contributed by atoms with van der Waals surface area (Å²) in [6, 6.07) is 4.89. The van der Waals surface area contributed by atoms with Gasteiger partial charge in [-0.25, -0.2) is 8.42 Å². The normalized spacial score (nSPS) is 12.6. The van der Waals surface area contributed by atoms with Gasteiger partial charge in [0.15, 0.2) is 0 Å². The quantitative estimate of drug-likeness (QED) is 0.902. The Bertz CT molecular complexity index is 494. The molecule has 90 valence electrons. The minimum Gasteiger partial charge on any atom is -0.282 e. The van der Waals surface area contributed by atoms with E-state index in [9.17, 15) is 8.42 Å². The molecule has 0 aliphatic heterocycles. The maximum atomic E-state index is 11.9. The Morgan fingerprint density at radius 2 is 1.88 bits per heavy atom. The molecule has 0 saturated heterocycles. The van der Waals surface area contributed by atoms with E-state index in [0.717, 1.165) is 0 Å². The van der Waals surface area contributed by atoms with Crippen molar-refractivity contribution < 1.29 is 8.42 Å². The molecule has 0 radical (unpaired) electrons. The van der Waals surface area contributed by atoms with Crippen molar-refractivity contribution in [3.63, 3.8) is 0 Å². The third-order valence-electron chi connectivity index (χ3n) is 1.98. The third kappa shape index (κ3) is 3.12. The number of rotatable bonds is 2. The van der Waals surface area contributed by atoms with Gasteiger partial charge in [0.25, 0.3) is 0 Å². The molecule has 1 aromatic carbocycles. The lowest BCUT2D eigenvalue weighted by Gasteiger charge is -2.21. The van der Waals surface area contributed by atoms with Crippen molar-refractivity contribution >= 4 is 43.2 Å². The molecule has 3 nitrogen and oxygen atoms in total. The highest BCUT2D eigenvalue weighted by Gasteiger charge is 2.29. The highest BCUT2D eigenvalue weighted by Crippen LogP contribution is 2.28. The summed E-state index contributed by atoms with van der Waals surface area (Å²) in [5, 5.41) is 0.547. The molecule has 0 spiro atoms. The van der Waals surface area contributed by atoms with Crippen LogP contribution in [0.3, 0.4) is 0 Å². The Kier molecular flexibility index (Phi) is 3.92. The smallest absolute Gasteiger partial charge is 0.237 e. The van der Waals surface area contributed by atoms with Crippen LogP contribution in [0.5, 0.6) is 0 Å². The van der Waals surface area contributed by atoms with E-state index < -0.39 is 14.8 Å². The lowest BCUT2D eigenvalue weighted by atomic mass is 10.3. The summed E-state index contributed by atoms with van der Waals surface area (Å²) in [6.45, 7) is 4.91. The molecule has 1 N–H and O–H groups in total. The molecular weight excluding hydrogens is 314 g/mol. The second-order valence-corrected chi connectivity index (χ2v) is 8.07. The van der Waals surface area contributed by atoms with Crippen molar-refractivity contribution in [2.75, 3.05) is 4.72 Å². The average Bonchev–Trinajstić information content (AvgIpc) is 2.08. The summed E-state index contributed by atoms with van der Waals surface area (Å²) in [5.74, 6) is 0. The highest BCUT2D eigenvalue weighted by atomic mass is 79.9. The maximum Gasteiger partial charge on any atom is 0.237 e. The third-order valence-corrected chi connectivity index (χ3v) is 4.97. The molecule has 0 bridgehead atoms. The molecule has 1 aromatic rings. The van der Waals surface area contributed by atoms with Crippen molar-refractivity contribution in [3.05, 3.63) is 27.7 Å². The highest BCUT2D eigenvalue weighted by molar-refractivity contribution is 9.10. The van der Waals surface area contributed by atoms with Crippen LogP contribution in [0.2, 0.25) is 5.02 Å². The first-order valence-corrected chi connectivity index (χ1v) is 7.26. The van der Waals surface area contributed by atoms with Crippen LogP contribution in [0, 0.1) is 0 Å². The number of halogens is 2. The lowest BCUT2D eigenvalue weighted by molar-refractivity contribution is 0.566. The lowest BCUT2D eigenvalue weighted by Crippen LogP contribution is -2.33. The van der Waals surface area contributed by atoms with Crippen LogP contribution in [0.15, 0.2) is 22.7 Å². The number of anilines is 1. The zero-order valence-electron chi connectivity index (χ0n) is 9.21. The number of benzene rings is 1. The fourth-order valence-corrected chi connectivity index (χ4v) is 2.56. The second-order valence-electron chi connectivity index (χ2n) is 4.34. The molecule has 16 heavy (non-hydrogen) atoms. The molecule has 0 aliphatic carbocycles. The number of hydrogen-bond acceptors (Lipinski definition) is 2. The molecule has 0 heterocycles. The van der Waals surface area contributed by atoms with E-state index in [4.69, 9.17) is 11.6 Å². The molecule has 6 heteroatoms. The van der Waals surface area contributed by atoms with Crippen LogP contribution in [0.1, 0.15) is 20.8 Å². The van der Waals surface area contributed by atoms with Crippen LogP contribution >= 0.6 is 27.5 Å². The van der Waals surface area contributed by atoms with Gasteiger partial charge in [0.2, 0.25) is 10.0 Å². The van der Waals surface area contributed by atoms with Crippen molar-refractivity contribution in [3.8, 4) is 0 Å². The first-order valence-electron chi connectivity index (χ1n) is 4.61. The van der Waals surface area contributed by atoms with Crippen LogP contribution in [-0.2, 0) is 10.0 Å². The topological polar surface area (TPSA) is 46.2 Å². The van der Waals surface area contributed by atoms with Crippen LogP contribution in [-0.4, -0.2) is 13.2 Å². The fourth-order valence-electron chi connectivity index (χ4n) is 0.870. The minimum atomic E-state index is -3.41. The Hall–Kier alpha value is -0.260. The fraction of sp³-hybridized carbons (Fsp3) is 0.400. The molecule has 0 atom stereocenters. The summed E-state index contributed by atoms with van der Waals surface area (Å²) in [5.41, 5.74) is 0.485. The van der Waals surface area contributed by atoms with Gasteiger partial charge < -0.3 is 0 Å². The molecular formula is C10H13BrClNO2S. The van der Waals surface area contributed by atoms with Crippen molar-refractivity contribution in [1.29, 1.82) is 0 Å². The summed E-state index contributed by atoms with van der Waals surface area (Å²) in [4.78, 5) is 0. The monoisotopic (exact) mass is 325 g/mol.